The predicted molar refractivity (Wildman–Crippen MR) is 60.1 cm³/mol. The number of aromatic nitrogens is 2. The van der Waals surface area contributed by atoms with Crippen LogP contribution in [0.3, 0.4) is 0 Å². The first-order valence-electron chi connectivity index (χ1n) is 5.15. The Morgan fingerprint density at radius 2 is 2.07 bits per heavy atom. The van der Waals surface area contributed by atoms with Crippen LogP contribution in [-0.2, 0) is 0 Å². The highest BCUT2D eigenvalue weighted by atomic mass is 15.3. The molecule has 2 rings (SSSR count). The highest BCUT2D eigenvalue weighted by Crippen LogP contribution is 2.21. The molecule has 0 amide bonds. The predicted octanol–water partition coefficient (Wildman–Crippen LogP) is 0.0703. The molecule has 0 spiro atoms. The molecular formula is C10H16N5. The number of hydrogen-bond acceptors (Lipinski definition) is 5. The fraction of sp³-hybridized carbons (Fsp3) is 0.600. The number of nitrogens with one attached hydrogen (secondary N) is 1. The van der Waals surface area contributed by atoms with Gasteiger partial charge in [0, 0.05) is 33.2 Å². The van der Waals surface area contributed by atoms with E-state index in [1.807, 2.05) is 7.05 Å². The van der Waals surface area contributed by atoms with E-state index in [1.54, 1.807) is 6.20 Å². The number of rotatable bonds is 2. The molecule has 1 N–H and O–H groups in total. The van der Waals surface area contributed by atoms with Gasteiger partial charge in [-0.3, -0.25) is 0 Å². The molecule has 1 saturated heterocycles. The minimum absolute atomic E-state index is 0.959. The van der Waals surface area contributed by atoms with E-state index in [4.69, 9.17) is 0 Å². The fourth-order valence-corrected chi connectivity index (χ4v) is 1.72. The average molecular weight is 206 g/mol. The molecule has 15 heavy (non-hydrogen) atoms. The van der Waals surface area contributed by atoms with Gasteiger partial charge in [-0.25, -0.2) is 9.97 Å². The number of hydrogen-bond donors (Lipinski definition) is 1. The summed E-state index contributed by atoms with van der Waals surface area (Å²) in [6.45, 7) is 4.17. The summed E-state index contributed by atoms with van der Waals surface area (Å²) < 4.78 is 0. The second-order valence-electron chi connectivity index (χ2n) is 3.75. The third kappa shape index (κ3) is 2.18. The van der Waals surface area contributed by atoms with Gasteiger partial charge in [0.25, 0.3) is 0 Å². The van der Waals surface area contributed by atoms with Crippen LogP contribution in [0.5, 0.6) is 0 Å². The molecule has 1 fully saturated rings. The van der Waals surface area contributed by atoms with Crippen molar-refractivity contribution in [1.82, 2.24) is 14.9 Å². The van der Waals surface area contributed by atoms with Crippen molar-refractivity contribution in [3.8, 4) is 0 Å². The zero-order valence-corrected chi connectivity index (χ0v) is 9.19. The molecule has 0 aliphatic carbocycles. The standard InChI is InChI=1S/C10H16N5/c1-11-9-7-12-8-13-10(9)15-5-3-14(2)4-6-15/h7,11H,3-6H2,1-2H3. The largest absolute Gasteiger partial charge is 0.384 e. The summed E-state index contributed by atoms with van der Waals surface area (Å²) in [5.41, 5.74) is 0.971. The molecule has 1 aliphatic heterocycles. The third-order valence-electron chi connectivity index (χ3n) is 2.72. The van der Waals surface area contributed by atoms with Gasteiger partial charge in [-0.15, -0.1) is 0 Å². The Balaban J connectivity index is 2.15. The Bertz CT molecular complexity index is 319. The van der Waals surface area contributed by atoms with Crippen molar-refractivity contribution < 1.29 is 0 Å². The zero-order chi connectivity index (χ0) is 10.7. The molecule has 1 aliphatic rings. The fourth-order valence-electron chi connectivity index (χ4n) is 1.72. The van der Waals surface area contributed by atoms with Crippen LogP contribution in [0.2, 0.25) is 0 Å². The van der Waals surface area contributed by atoms with E-state index in [2.05, 4.69) is 38.5 Å². The molecule has 1 aromatic rings. The van der Waals surface area contributed by atoms with Crippen LogP contribution in [0.15, 0.2) is 6.20 Å². The Kier molecular flexibility index (Phi) is 3.01. The molecule has 2 heterocycles. The molecule has 0 atom stereocenters. The summed E-state index contributed by atoms with van der Waals surface area (Å²) in [6.07, 6.45) is 4.41. The molecule has 5 heteroatoms. The van der Waals surface area contributed by atoms with Crippen LogP contribution in [0, 0.1) is 6.33 Å². The van der Waals surface area contributed by atoms with E-state index in [0.29, 0.717) is 0 Å². The van der Waals surface area contributed by atoms with Crippen LogP contribution in [0.4, 0.5) is 11.5 Å². The van der Waals surface area contributed by atoms with E-state index in [1.165, 1.54) is 0 Å². The zero-order valence-electron chi connectivity index (χ0n) is 9.19. The van der Waals surface area contributed by atoms with Crippen molar-refractivity contribution in [1.29, 1.82) is 0 Å². The van der Waals surface area contributed by atoms with Crippen molar-refractivity contribution >= 4 is 11.5 Å². The van der Waals surface area contributed by atoms with Gasteiger partial charge >= 0.3 is 0 Å². The van der Waals surface area contributed by atoms with Crippen molar-refractivity contribution in [2.75, 3.05) is 50.5 Å². The van der Waals surface area contributed by atoms with E-state index >= 15 is 0 Å². The summed E-state index contributed by atoms with van der Waals surface area (Å²) in [5, 5.41) is 3.10. The van der Waals surface area contributed by atoms with Crippen LogP contribution >= 0.6 is 0 Å². The SMILES string of the molecule is CNc1cn[c]nc1N1CCN(C)CC1. The smallest absolute Gasteiger partial charge is 0.199 e. The minimum Gasteiger partial charge on any atom is -0.384 e. The Hall–Kier alpha value is -1.36. The lowest BCUT2D eigenvalue weighted by Crippen LogP contribution is -2.45. The monoisotopic (exact) mass is 206 g/mol. The van der Waals surface area contributed by atoms with Gasteiger partial charge in [-0.05, 0) is 7.05 Å². The maximum atomic E-state index is 4.21. The molecule has 1 radical (unpaired) electrons. The molecule has 1 aromatic heterocycles. The minimum atomic E-state index is 0.959. The summed E-state index contributed by atoms with van der Waals surface area (Å²) in [5.74, 6) is 0.959. The first kappa shape index (κ1) is 10.2. The van der Waals surface area contributed by atoms with Crippen molar-refractivity contribution in [3.63, 3.8) is 0 Å². The van der Waals surface area contributed by atoms with Crippen LogP contribution in [0.1, 0.15) is 0 Å². The molecule has 0 saturated carbocycles. The van der Waals surface area contributed by atoms with Gasteiger partial charge < -0.3 is 15.1 Å². The Morgan fingerprint density at radius 1 is 1.33 bits per heavy atom. The first-order valence-corrected chi connectivity index (χ1v) is 5.15. The molecule has 81 valence electrons. The molecule has 0 unspecified atom stereocenters. The van der Waals surface area contributed by atoms with Crippen molar-refractivity contribution in [3.05, 3.63) is 12.5 Å². The van der Waals surface area contributed by atoms with Gasteiger partial charge in [0.1, 0.15) is 0 Å². The number of likely N-dealkylation sites (N-methyl/N-ethyl adjacent to an activating group) is 1. The number of nitrogens with zero attached hydrogens (tertiary/aromatic N) is 4. The van der Waals surface area contributed by atoms with E-state index in [0.717, 1.165) is 37.7 Å². The van der Waals surface area contributed by atoms with Crippen molar-refractivity contribution in [2.24, 2.45) is 0 Å². The Labute approximate surface area is 90.1 Å². The second kappa shape index (κ2) is 4.44. The maximum absolute atomic E-state index is 4.21. The molecular weight excluding hydrogens is 190 g/mol. The van der Waals surface area contributed by atoms with Gasteiger partial charge in [-0.2, -0.15) is 0 Å². The summed E-state index contributed by atoms with van der Waals surface area (Å²) >= 11 is 0. The van der Waals surface area contributed by atoms with Gasteiger partial charge in [0.05, 0.1) is 11.9 Å². The first-order chi connectivity index (χ1) is 7.31. The topological polar surface area (TPSA) is 44.3 Å². The summed E-state index contributed by atoms with van der Waals surface area (Å²) in [4.78, 5) is 12.7. The molecule has 5 nitrogen and oxygen atoms in total. The number of anilines is 2. The summed E-state index contributed by atoms with van der Waals surface area (Å²) in [7, 11) is 4.03. The Morgan fingerprint density at radius 3 is 2.73 bits per heavy atom. The van der Waals surface area contributed by atoms with E-state index < -0.39 is 0 Å². The summed E-state index contributed by atoms with van der Waals surface area (Å²) in [6, 6.07) is 0. The van der Waals surface area contributed by atoms with Crippen LogP contribution in [0.25, 0.3) is 0 Å². The maximum Gasteiger partial charge on any atom is 0.199 e. The van der Waals surface area contributed by atoms with Gasteiger partial charge in [0.15, 0.2) is 12.1 Å². The lowest BCUT2D eigenvalue weighted by molar-refractivity contribution is 0.312. The molecule has 0 aromatic carbocycles. The van der Waals surface area contributed by atoms with Crippen molar-refractivity contribution in [2.45, 2.75) is 0 Å². The lowest BCUT2D eigenvalue weighted by Gasteiger charge is -2.33. The average Bonchev–Trinajstić information content (AvgIpc) is 2.30. The highest BCUT2D eigenvalue weighted by Gasteiger charge is 2.17. The van der Waals surface area contributed by atoms with Gasteiger partial charge in [0.2, 0.25) is 0 Å². The second-order valence-corrected chi connectivity index (χ2v) is 3.75. The quantitative estimate of drug-likeness (QED) is 0.742. The highest BCUT2D eigenvalue weighted by molar-refractivity contribution is 5.63. The lowest BCUT2D eigenvalue weighted by atomic mass is 10.3. The molecule has 0 bridgehead atoms. The van der Waals surface area contributed by atoms with E-state index in [9.17, 15) is 0 Å². The van der Waals surface area contributed by atoms with Crippen LogP contribution in [-0.4, -0.2) is 55.1 Å². The normalized spacial score (nSPS) is 17.9. The number of piperazine rings is 1. The van der Waals surface area contributed by atoms with Gasteiger partial charge in [-0.1, -0.05) is 0 Å². The van der Waals surface area contributed by atoms with E-state index in [-0.39, 0.29) is 0 Å². The van der Waals surface area contributed by atoms with Crippen LogP contribution < -0.4 is 10.2 Å². The third-order valence-corrected chi connectivity index (χ3v) is 2.72.